The van der Waals surface area contributed by atoms with Gasteiger partial charge in [-0.1, -0.05) is 84.5 Å². The maximum absolute atomic E-state index is 13.3. The Morgan fingerprint density at radius 3 is 2.48 bits per heavy atom. The molecule has 0 amide bonds. The summed E-state index contributed by atoms with van der Waals surface area (Å²) in [6.45, 7) is 2.63. The summed E-state index contributed by atoms with van der Waals surface area (Å²) in [5.41, 5.74) is 3.98. The van der Waals surface area contributed by atoms with Crippen LogP contribution < -0.4 is 14.8 Å². The maximum Gasteiger partial charge on any atom is 0.291 e. The van der Waals surface area contributed by atoms with E-state index in [0.717, 1.165) is 28.8 Å². The lowest BCUT2D eigenvalue weighted by atomic mass is 10.1. The summed E-state index contributed by atoms with van der Waals surface area (Å²) in [4.78, 5) is 18.4. The third-order valence-corrected chi connectivity index (χ3v) is 7.39. The molecule has 0 aliphatic heterocycles. The van der Waals surface area contributed by atoms with Crippen LogP contribution in [-0.2, 0) is 0 Å². The zero-order valence-corrected chi connectivity index (χ0v) is 23.1. The number of rotatable bonds is 8. The average Bonchev–Trinajstić information content (AvgIpc) is 3.67. The molecule has 7 nitrogen and oxygen atoms in total. The fourth-order valence-electron chi connectivity index (χ4n) is 4.20. The van der Waals surface area contributed by atoms with E-state index in [4.69, 9.17) is 21.4 Å². The van der Waals surface area contributed by atoms with Crippen molar-refractivity contribution >= 4 is 46.1 Å². The summed E-state index contributed by atoms with van der Waals surface area (Å²) in [7, 11) is 0. The SMILES string of the molecule is CCCOc1ccc(-c2nn(-c3ccccc3)cc2/C=c2\sc3nc(/C=C/c4ccccc4)nn3c2=O)cc1Cl. The molecule has 0 fully saturated rings. The van der Waals surface area contributed by atoms with E-state index in [1.807, 2.05) is 104 Å². The molecular weight excluding hydrogens is 542 g/mol. The van der Waals surface area contributed by atoms with Gasteiger partial charge in [-0.05, 0) is 54.5 Å². The Bertz CT molecular complexity index is 1930. The highest BCUT2D eigenvalue weighted by atomic mass is 35.5. The normalized spacial score (nSPS) is 12.1. The zero-order valence-electron chi connectivity index (χ0n) is 21.6. The van der Waals surface area contributed by atoms with Crippen molar-refractivity contribution in [3.63, 3.8) is 0 Å². The van der Waals surface area contributed by atoms with Crippen molar-refractivity contribution in [2.45, 2.75) is 13.3 Å². The van der Waals surface area contributed by atoms with E-state index in [2.05, 4.69) is 10.1 Å². The minimum atomic E-state index is -0.230. The summed E-state index contributed by atoms with van der Waals surface area (Å²) in [5, 5.41) is 9.78. The molecule has 9 heteroatoms. The molecule has 3 heterocycles. The molecule has 3 aromatic carbocycles. The van der Waals surface area contributed by atoms with Gasteiger partial charge >= 0.3 is 0 Å². The number of benzene rings is 3. The molecule has 6 rings (SSSR count). The van der Waals surface area contributed by atoms with E-state index in [-0.39, 0.29) is 5.56 Å². The lowest BCUT2D eigenvalue weighted by molar-refractivity contribution is 0.317. The van der Waals surface area contributed by atoms with Gasteiger partial charge in [0.15, 0.2) is 5.82 Å². The molecule has 0 atom stereocenters. The van der Waals surface area contributed by atoms with Crippen LogP contribution in [0.1, 0.15) is 30.3 Å². The Morgan fingerprint density at radius 1 is 0.975 bits per heavy atom. The Balaban J connectivity index is 1.41. The molecular formula is C31H24ClN5O2S. The van der Waals surface area contributed by atoms with Crippen LogP contribution in [0.25, 0.3) is 40.1 Å². The van der Waals surface area contributed by atoms with E-state index < -0.39 is 0 Å². The molecule has 0 aliphatic carbocycles. The van der Waals surface area contributed by atoms with Crippen LogP contribution in [0, 0.1) is 0 Å². The quantitative estimate of drug-likeness (QED) is 0.221. The first-order valence-electron chi connectivity index (χ1n) is 12.8. The number of fused-ring (bicyclic) bond motifs is 1. The largest absolute Gasteiger partial charge is 0.492 e. The molecule has 6 aromatic rings. The summed E-state index contributed by atoms with van der Waals surface area (Å²) >= 11 is 7.84. The second-order valence-electron chi connectivity index (χ2n) is 9.03. The standard InChI is InChI=1S/C31H24ClN5O2S/c1-2-17-39-26-15-14-22(18-25(26)32)29-23(20-36(35-29)24-11-7-4-8-12-24)19-27-30(38)37-31(40-27)33-28(34-37)16-13-21-9-5-3-6-10-21/h3-16,18-20H,2,17H2,1H3/b16-13+,27-19-. The third kappa shape index (κ3) is 5.32. The van der Waals surface area contributed by atoms with Crippen LogP contribution in [-0.4, -0.2) is 31.0 Å². The van der Waals surface area contributed by atoms with Gasteiger partial charge in [0, 0.05) is 17.3 Å². The van der Waals surface area contributed by atoms with Crippen LogP contribution in [0.4, 0.5) is 0 Å². The van der Waals surface area contributed by atoms with E-state index in [1.165, 1.54) is 15.9 Å². The van der Waals surface area contributed by atoms with Gasteiger partial charge in [-0.25, -0.2) is 4.68 Å². The number of ether oxygens (including phenoxy) is 1. The third-order valence-electron chi connectivity index (χ3n) is 6.14. The van der Waals surface area contributed by atoms with Crippen molar-refractivity contribution in [1.29, 1.82) is 0 Å². The number of hydrogen-bond donors (Lipinski definition) is 0. The molecule has 0 aliphatic rings. The van der Waals surface area contributed by atoms with Crippen molar-refractivity contribution < 1.29 is 4.74 Å². The Labute approximate surface area is 239 Å². The number of nitrogens with zero attached hydrogens (tertiary/aromatic N) is 5. The minimum Gasteiger partial charge on any atom is -0.492 e. The van der Waals surface area contributed by atoms with Crippen molar-refractivity contribution in [3.8, 4) is 22.7 Å². The highest BCUT2D eigenvalue weighted by molar-refractivity contribution is 7.15. The summed E-state index contributed by atoms with van der Waals surface area (Å²) in [6.07, 6.45) is 8.35. The number of thiazole rings is 1. The molecule has 0 radical (unpaired) electrons. The van der Waals surface area contributed by atoms with Gasteiger partial charge in [0.2, 0.25) is 4.96 Å². The first-order valence-corrected chi connectivity index (χ1v) is 14.0. The average molecular weight is 566 g/mol. The molecule has 0 saturated heterocycles. The molecule has 0 N–H and O–H groups in total. The molecule has 0 spiro atoms. The predicted molar refractivity (Wildman–Crippen MR) is 161 cm³/mol. The topological polar surface area (TPSA) is 74.3 Å². The van der Waals surface area contributed by atoms with Crippen LogP contribution in [0.5, 0.6) is 5.75 Å². The van der Waals surface area contributed by atoms with E-state index >= 15 is 0 Å². The molecule has 0 bridgehead atoms. The second kappa shape index (κ2) is 11.3. The van der Waals surface area contributed by atoms with Crippen LogP contribution in [0.2, 0.25) is 5.02 Å². The van der Waals surface area contributed by atoms with Gasteiger partial charge in [-0.3, -0.25) is 4.79 Å². The lowest BCUT2D eigenvalue weighted by Gasteiger charge is -2.08. The Morgan fingerprint density at radius 2 is 1.75 bits per heavy atom. The fourth-order valence-corrected chi connectivity index (χ4v) is 5.34. The van der Waals surface area contributed by atoms with Crippen molar-refractivity contribution in [2.75, 3.05) is 6.61 Å². The van der Waals surface area contributed by atoms with Crippen LogP contribution >= 0.6 is 22.9 Å². The van der Waals surface area contributed by atoms with Crippen LogP contribution in [0.3, 0.4) is 0 Å². The fraction of sp³-hybridized carbons (Fsp3) is 0.0968. The summed E-state index contributed by atoms with van der Waals surface area (Å²) in [5.74, 6) is 1.11. The minimum absolute atomic E-state index is 0.230. The van der Waals surface area contributed by atoms with Gasteiger partial charge in [-0.2, -0.15) is 14.6 Å². The molecule has 198 valence electrons. The summed E-state index contributed by atoms with van der Waals surface area (Å²) in [6, 6.07) is 25.3. The first kappa shape index (κ1) is 25.7. The van der Waals surface area contributed by atoms with Crippen LogP contribution in [0.15, 0.2) is 89.9 Å². The highest BCUT2D eigenvalue weighted by Gasteiger charge is 2.15. The van der Waals surface area contributed by atoms with Gasteiger partial charge in [0.1, 0.15) is 11.4 Å². The van der Waals surface area contributed by atoms with Crippen molar-refractivity contribution in [1.82, 2.24) is 24.4 Å². The molecule has 3 aromatic heterocycles. The number of hydrogen-bond acceptors (Lipinski definition) is 6. The van der Waals surface area contributed by atoms with Gasteiger partial charge in [-0.15, -0.1) is 5.10 Å². The van der Waals surface area contributed by atoms with Crippen molar-refractivity contribution in [3.05, 3.63) is 122 Å². The van der Waals surface area contributed by atoms with E-state index in [1.54, 1.807) is 10.8 Å². The van der Waals surface area contributed by atoms with Gasteiger partial charge in [0.25, 0.3) is 5.56 Å². The number of halogens is 1. The Hall–Kier alpha value is -4.53. The predicted octanol–water partition coefficient (Wildman–Crippen LogP) is 6.16. The molecule has 40 heavy (non-hydrogen) atoms. The maximum atomic E-state index is 13.3. The smallest absolute Gasteiger partial charge is 0.291 e. The number of aromatic nitrogens is 5. The monoisotopic (exact) mass is 565 g/mol. The molecule has 0 saturated carbocycles. The van der Waals surface area contributed by atoms with Gasteiger partial charge < -0.3 is 4.74 Å². The van der Waals surface area contributed by atoms with E-state index in [0.29, 0.717) is 38.4 Å². The lowest BCUT2D eigenvalue weighted by Crippen LogP contribution is -2.23. The highest BCUT2D eigenvalue weighted by Crippen LogP contribution is 2.32. The molecule has 0 unspecified atom stereocenters. The van der Waals surface area contributed by atoms with Crippen molar-refractivity contribution in [2.24, 2.45) is 0 Å². The van der Waals surface area contributed by atoms with Gasteiger partial charge in [0.05, 0.1) is 21.8 Å². The Kier molecular flexibility index (Phi) is 7.27. The number of para-hydroxylation sites is 1. The summed E-state index contributed by atoms with van der Waals surface area (Å²) < 4.78 is 9.40. The first-order chi connectivity index (χ1) is 19.6. The second-order valence-corrected chi connectivity index (χ2v) is 10.4. The zero-order chi connectivity index (χ0) is 27.5. The van der Waals surface area contributed by atoms with E-state index in [9.17, 15) is 4.79 Å².